The number of para-hydroxylation sites is 1. The van der Waals surface area contributed by atoms with Crippen LogP contribution >= 0.6 is 11.8 Å². The molecule has 4 atom stereocenters. The molecule has 1 aliphatic rings. The number of carbonyl (C=O) groups is 2. The molecular formula is C36H36N6O6S. The molecule has 2 heterocycles. The Morgan fingerprint density at radius 3 is 2.31 bits per heavy atom. The van der Waals surface area contributed by atoms with Gasteiger partial charge in [-0.2, -0.15) is 4.68 Å². The zero-order chi connectivity index (χ0) is 34.0. The Labute approximate surface area is 287 Å². The second-order valence-electron chi connectivity index (χ2n) is 11.4. The Kier molecular flexibility index (Phi) is 11.3. The number of aliphatic hydroxyl groups excluding tert-OH is 1. The summed E-state index contributed by atoms with van der Waals surface area (Å²) in [5.41, 5.74) is 4.84. The third kappa shape index (κ3) is 8.89. The second-order valence-corrected chi connectivity index (χ2v) is 12.3. The van der Waals surface area contributed by atoms with Gasteiger partial charge in [-0.1, -0.05) is 96.7 Å². The monoisotopic (exact) mass is 680 g/mol. The van der Waals surface area contributed by atoms with Gasteiger partial charge in [0.15, 0.2) is 6.29 Å². The number of amides is 2. The van der Waals surface area contributed by atoms with E-state index in [9.17, 15) is 14.7 Å². The van der Waals surface area contributed by atoms with Crippen LogP contribution in [0.1, 0.15) is 41.1 Å². The minimum atomic E-state index is -0.855. The smallest absolute Gasteiger partial charge is 0.328 e. The van der Waals surface area contributed by atoms with Gasteiger partial charge in [-0.15, -0.1) is 5.10 Å². The molecule has 252 valence electrons. The van der Waals surface area contributed by atoms with Crippen molar-refractivity contribution in [1.82, 2.24) is 25.5 Å². The second kappa shape index (κ2) is 16.3. The number of hydrogen-bond acceptors (Lipinski definition) is 10. The van der Waals surface area contributed by atoms with Gasteiger partial charge in [0, 0.05) is 29.8 Å². The lowest BCUT2D eigenvalue weighted by atomic mass is 10.0. The third-order valence-corrected chi connectivity index (χ3v) is 9.02. The maximum absolute atomic E-state index is 12.9. The van der Waals surface area contributed by atoms with Crippen molar-refractivity contribution in [3.05, 3.63) is 131 Å². The number of rotatable bonds is 12. The minimum Gasteiger partial charge on any atom is -0.467 e. The molecule has 1 fully saturated rings. The highest BCUT2D eigenvalue weighted by Crippen LogP contribution is 2.39. The Morgan fingerprint density at radius 2 is 1.61 bits per heavy atom. The minimum absolute atomic E-state index is 0.0400. The zero-order valence-corrected chi connectivity index (χ0v) is 27.5. The molecule has 49 heavy (non-hydrogen) atoms. The Hall–Kier alpha value is -5.08. The fraction of sp³-hybridized carbons (Fsp3) is 0.250. The number of anilines is 1. The largest absolute Gasteiger partial charge is 0.467 e. The highest BCUT2D eigenvalue weighted by atomic mass is 32.2. The molecule has 1 aliphatic heterocycles. The number of carbonyl (C=O) groups excluding carboxylic acids is 2. The number of tetrazole rings is 1. The molecule has 5 aromatic rings. The van der Waals surface area contributed by atoms with E-state index in [4.69, 9.17) is 14.2 Å². The van der Waals surface area contributed by atoms with Crippen molar-refractivity contribution in [3.8, 4) is 5.69 Å². The van der Waals surface area contributed by atoms with Crippen LogP contribution in [-0.2, 0) is 32.0 Å². The van der Waals surface area contributed by atoms with E-state index in [0.717, 1.165) is 27.9 Å². The lowest BCUT2D eigenvalue weighted by Gasteiger charge is -2.36. The average Bonchev–Trinajstić information content (AvgIpc) is 3.63. The quantitative estimate of drug-likeness (QED) is 0.116. The van der Waals surface area contributed by atoms with Gasteiger partial charge in [0.05, 0.1) is 31.6 Å². The summed E-state index contributed by atoms with van der Waals surface area (Å²) in [7, 11) is 1.29. The summed E-state index contributed by atoms with van der Waals surface area (Å²) in [6, 6.07) is 32.6. The molecule has 13 heteroatoms. The molecular weight excluding hydrogens is 644 g/mol. The fourth-order valence-electron chi connectivity index (χ4n) is 5.42. The van der Waals surface area contributed by atoms with Crippen LogP contribution in [0.25, 0.3) is 5.69 Å². The molecule has 4 aromatic carbocycles. The number of methoxy groups -OCH3 is 1. The lowest BCUT2D eigenvalue weighted by Crippen LogP contribution is -2.45. The highest BCUT2D eigenvalue weighted by molar-refractivity contribution is 7.99. The van der Waals surface area contributed by atoms with Crippen molar-refractivity contribution in [2.75, 3.05) is 18.2 Å². The number of hydrogen-bond donors (Lipinski definition) is 3. The zero-order valence-electron chi connectivity index (χ0n) is 26.7. The van der Waals surface area contributed by atoms with Crippen molar-refractivity contribution >= 4 is 29.4 Å². The summed E-state index contributed by atoms with van der Waals surface area (Å²) in [4.78, 5) is 25.3. The van der Waals surface area contributed by atoms with E-state index in [2.05, 4.69) is 26.2 Å². The first-order valence-electron chi connectivity index (χ1n) is 15.8. The number of nitrogens with one attached hydrogen (secondary N) is 2. The SMILES string of the molecule is COC(=O)C(Cc1ccccc1)NC(=O)Nc1ccc(C2OC(CSc3nnnn3-c3ccccc3)CC(c3ccc(CO)cc3)O2)cc1. The standard InChI is InChI=1S/C36H36N6O6S/c1-46-33(44)31(20-24-8-4-2-5-9-24)38-35(45)37-28-18-16-27(17-19-28)34-47-30(21-32(48-34)26-14-12-25(22-43)13-15-26)23-49-36-39-40-41-42(36)29-10-6-3-7-11-29/h2-19,30-32,34,43H,20-23H2,1H3,(H2,37,38,45). The lowest BCUT2D eigenvalue weighted by molar-refractivity contribution is -0.245. The first kappa shape index (κ1) is 33.8. The van der Waals surface area contributed by atoms with Gasteiger partial charge in [0.25, 0.3) is 0 Å². The molecule has 6 rings (SSSR count). The van der Waals surface area contributed by atoms with Gasteiger partial charge in [0.2, 0.25) is 5.16 Å². The number of esters is 1. The molecule has 0 bridgehead atoms. The van der Waals surface area contributed by atoms with Crippen LogP contribution in [0.2, 0.25) is 0 Å². The number of nitrogens with zero attached hydrogens (tertiary/aromatic N) is 4. The van der Waals surface area contributed by atoms with Gasteiger partial charge < -0.3 is 30.0 Å². The summed E-state index contributed by atoms with van der Waals surface area (Å²) >= 11 is 1.50. The van der Waals surface area contributed by atoms with Crippen LogP contribution < -0.4 is 10.6 Å². The maximum Gasteiger partial charge on any atom is 0.328 e. The van der Waals surface area contributed by atoms with Crippen molar-refractivity contribution in [1.29, 1.82) is 0 Å². The van der Waals surface area contributed by atoms with Crippen molar-refractivity contribution in [3.63, 3.8) is 0 Å². The number of ether oxygens (including phenoxy) is 3. The summed E-state index contributed by atoms with van der Waals surface area (Å²) in [5.74, 6) is 0.0356. The van der Waals surface area contributed by atoms with Crippen LogP contribution in [0.5, 0.6) is 0 Å². The van der Waals surface area contributed by atoms with Gasteiger partial charge in [-0.3, -0.25) is 0 Å². The number of benzene rings is 4. The van der Waals surface area contributed by atoms with Crippen LogP contribution in [0.3, 0.4) is 0 Å². The Bertz CT molecular complexity index is 1810. The summed E-state index contributed by atoms with van der Waals surface area (Å²) in [5, 5.41) is 27.9. The molecule has 12 nitrogen and oxygen atoms in total. The number of aromatic nitrogens is 4. The molecule has 0 radical (unpaired) electrons. The maximum atomic E-state index is 12.9. The van der Waals surface area contributed by atoms with Crippen LogP contribution in [0.4, 0.5) is 10.5 Å². The topological polar surface area (TPSA) is 150 Å². The number of aliphatic hydroxyl groups is 1. The first-order valence-corrected chi connectivity index (χ1v) is 16.7. The van der Waals surface area contributed by atoms with Crippen molar-refractivity contribution < 1.29 is 28.9 Å². The van der Waals surface area contributed by atoms with Crippen molar-refractivity contribution in [2.45, 2.75) is 49.1 Å². The molecule has 3 N–H and O–H groups in total. The summed E-state index contributed by atoms with van der Waals surface area (Å²) in [6.07, 6.45) is -0.287. The van der Waals surface area contributed by atoms with Gasteiger partial charge in [-0.25, -0.2) is 9.59 Å². The molecule has 0 spiro atoms. The molecule has 2 amide bonds. The van der Waals surface area contributed by atoms with E-state index in [1.165, 1.54) is 18.9 Å². The van der Waals surface area contributed by atoms with Gasteiger partial charge >= 0.3 is 12.0 Å². The van der Waals surface area contributed by atoms with Crippen LogP contribution in [0.15, 0.2) is 114 Å². The predicted molar refractivity (Wildman–Crippen MR) is 183 cm³/mol. The van der Waals surface area contributed by atoms with E-state index in [1.807, 2.05) is 97.1 Å². The Morgan fingerprint density at radius 1 is 0.918 bits per heavy atom. The van der Waals surface area contributed by atoms with E-state index >= 15 is 0 Å². The van der Waals surface area contributed by atoms with E-state index in [1.54, 1.807) is 16.8 Å². The first-order chi connectivity index (χ1) is 24.0. The van der Waals surface area contributed by atoms with E-state index in [-0.39, 0.29) is 18.8 Å². The molecule has 1 aromatic heterocycles. The molecule has 0 saturated carbocycles. The van der Waals surface area contributed by atoms with Gasteiger partial charge in [0.1, 0.15) is 6.04 Å². The van der Waals surface area contributed by atoms with Crippen LogP contribution in [0, 0.1) is 0 Å². The number of thioether (sulfide) groups is 1. The molecule has 1 saturated heterocycles. The number of urea groups is 1. The van der Waals surface area contributed by atoms with E-state index in [0.29, 0.717) is 29.4 Å². The van der Waals surface area contributed by atoms with E-state index < -0.39 is 24.3 Å². The molecule has 4 unspecified atom stereocenters. The average molecular weight is 681 g/mol. The van der Waals surface area contributed by atoms with Crippen molar-refractivity contribution in [2.24, 2.45) is 0 Å². The molecule has 0 aliphatic carbocycles. The fourth-order valence-corrected chi connectivity index (χ4v) is 6.33. The Balaban J connectivity index is 1.13. The summed E-state index contributed by atoms with van der Waals surface area (Å²) < 4.78 is 19.5. The predicted octanol–water partition coefficient (Wildman–Crippen LogP) is 5.40. The summed E-state index contributed by atoms with van der Waals surface area (Å²) in [6.45, 7) is -0.0400. The third-order valence-electron chi connectivity index (χ3n) is 7.97. The normalized spacial score (nSPS) is 18.0. The van der Waals surface area contributed by atoms with Gasteiger partial charge in [-0.05, 0) is 51.4 Å². The highest BCUT2D eigenvalue weighted by Gasteiger charge is 2.33. The van der Waals surface area contributed by atoms with Crippen LogP contribution in [-0.4, -0.2) is 62.3 Å².